The van der Waals surface area contributed by atoms with E-state index in [9.17, 15) is 9.18 Å². The molecular weight excluding hydrogens is 185 g/mol. The summed E-state index contributed by atoms with van der Waals surface area (Å²) in [5, 5.41) is 8.38. The van der Waals surface area contributed by atoms with E-state index in [-0.39, 0.29) is 10.6 Å². The number of hydrogen-bond donors (Lipinski definition) is 2. The highest BCUT2D eigenvalue weighted by Gasteiger charge is 2.09. The summed E-state index contributed by atoms with van der Waals surface area (Å²) in [5.41, 5.74) is 1.07. The molecule has 0 unspecified atom stereocenters. The monoisotopic (exact) mass is 189 g/mol. The van der Waals surface area contributed by atoms with E-state index >= 15 is 0 Å². The summed E-state index contributed by atoms with van der Waals surface area (Å²) in [5.74, 6) is -1.67. The molecule has 0 fully saturated rings. The minimum atomic E-state index is -0.899. The number of hydrogen-bond acceptors (Lipinski definition) is 2. The maximum atomic E-state index is 12.8. The van der Waals surface area contributed by atoms with Gasteiger partial charge in [0.15, 0.2) is 0 Å². The van der Waals surface area contributed by atoms with E-state index in [4.69, 9.17) is 16.8 Å². The van der Waals surface area contributed by atoms with E-state index in [1.807, 2.05) is 0 Å². The lowest BCUT2D eigenvalue weighted by Gasteiger charge is -1.99. The van der Waals surface area contributed by atoms with Crippen molar-refractivity contribution in [3.05, 3.63) is 34.6 Å². The molecule has 3 nitrogen and oxygen atoms in total. The van der Waals surface area contributed by atoms with Gasteiger partial charge in [-0.05, 0) is 18.2 Å². The molecule has 12 heavy (non-hydrogen) atoms. The highest BCUT2D eigenvalue weighted by molar-refractivity contribution is 6.30. The molecule has 64 valence electrons. The molecule has 1 rings (SSSR count). The molecule has 1 aromatic rings. The Morgan fingerprint density at radius 1 is 1.58 bits per heavy atom. The first-order chi connectivity index (χ1) is 5.65. The van der Waals surface area contributed by atoms with Gasteiger partial charge in [-0.2, -0.15) is 0 Å². The molecular formula is C7H5ClFNO2. The second kappa shape index (κ2) is 3.51. The van der Waals surface area contributed by atoms with E-state index in [0.29, 0.717) is 0 Å². The van der Waals surface area contributed by atoms with Crippen LogP contribution in [-0.4, -0.2) is 11.1 Å². The summed E-state index contributed by atoms with van der Waals surface area (Å²) in [4.78, 5) is 10.7. The molecule has 1 amide bonds. The molecule has 0 aliphatic rings. The van der Waals surface area contributed by atoms with Gasteiger partial charge in [-0.15, -0.1) is 0 Å². The van der Waals surface area contributed by atoms with Crippen molar-refractivity contribution in [3.63, 3.8) is 0 Å². The van der Waals surface area contributed by atoms with E-state index in [1.165, 1.54) is 17.6 Å². The van der Waals surface area contributed by atoms with Gasteiger partial charge in [0.05, 0.1) is 5.56 Å². The highest BCUT2D eigenvalue weighted by atomic mass is 35.5. The Balaban J connectivity index is 3.09. The van der Waals surface area contributed by atoms with Crippen molar-refractivity contribution in [2.24, 2.45) is 0 Å². The predicted octanol–water partition coefficient (Wildman–Crippen LogP) is 1.60. The Morgan fingerprint density at radius 2 is 2.25 bits per heavy atom. The molecule has 0 saturated heterocycles. The first-order valence-electron chi connectivity index (χ1n) is 3.04. The van der Waals surface area contributed by atoms with Crippen LogP contribution in [0.2, 0.25) is 5.02 Å². The second-order valence-electron chi connectivity index (χ2n) is 2.07. The molecule has 0 spiro atoms. The fourth-order valence-corrected chi connectivity index (χ4v) is 0.893. The van der Waals surface area contributed by atoms with Crippen molar-refractivity contribution < 1.29 is 14.4 Å². The van der Waals surface area contributed by atoms with Crippen molar-refractivity contribution in [1.29, 1.82) is 0 Å². The summed E-state index contributed by atoms with van der Waals surface area (Å²) in [6.07, 6.45) is 0. The number of rotatable bonds is 1. The number of hydroxylamine groups is 1. The van der Waals surface area contributed by atoms with Gasteiger partial charge in [-0.1, -0.05) is 11.6 Å². The van der Waals surface area contributed by atoms with E-state index in [0.717, 1.165) is 6.07 Å². The van der Waals surface area contributed by atoms with Crippen LogP contribution >= 0.6 is 11.6 Å². The molecule has 0 heterocycles. The quantitative estimate of drug-likeness (QED) is 0.521. The van der Waals surface area contributed by atoms with Gasteiger partial charge in [0, 0.05) is 5.02 Å². The first-order valence-corrected chi connectivity index (χ1v) is 3.42. The Kier molecular flexibility index (Phi) is 2.62. The summed E-state index contributed by atoms with van der Waals surface area (Å²) in [6, 6.07) is 3.53. The van der Waals surface area contributed by atoms with Crippen LogP contribution in [0.3, 0.4) is 0 Å². The van der Waals surface area contributed by atoms with Gasteiger partial charge in [0.1, 0.15) is 5.82 Å². The first kappa shape index (κ1) is 8.96. The van der Waals surface area contributed by atoms with E-state index in [2.05, 4.69) is 0 Å². The Morgan fingerprint density at radius 3 is 2.75 bits per heavy atom. The zero-order valence-electron chi connectivity index (χ0n) is 5.84. The van der Waals surface area contributed by atoms with Crippen LogP contribution in [-0.2, 0) is 0 Å². The predicted molar refractivity (Wildman–Crippen MR) is 40.7 cm³/mol. The van der Waals surface area contributed by atoms with Crippen LogP contribution in [0.5, 0.6) is 0 Å². The molecule has 2 N–H and O–H groups in total. The zero-order chi connectivity index (χ0) is 9.14. The Hall–Kier alpha value is -1.13. The van der Waals surface area contributed by atoms with Gasteiger partial charge >= 0.3 is 0 Å². The summed E-state index contributed by atoms with van der Waals surface area (Å²) < 4.78 is 12.8. The third kappa shape index (κ3) is 1.72. The standard InChI is InChI=1S/C7H5ClFNO2/c8-4-1-2-5(6(9)3-4)7(11)10-12/h1-3,12H,(H,10,11). The van der Waals surface area contributed by atoms with Gasteiger partial charge in [0.25, 0.3) is 5.91 Å². The zero-order valence-corrected chi connectivity index (χ0v) is 6.60. The van der Waals surface area contributed by atoms with Crippen molar-refractivity contribution >= 4 is 17.5 Å². The van der Waals surface area contributed by atoms with Crippen molar-refractivity contribution in [1.82, 2.24) is 5.48 Å². The summed E-state index contributed by atoms with van der Waals surface area (Å²) in [7, 11) is 0. The van der Waals surface area contributed by atoms with E-state index < -0.39 is 11.7 Å². The van der Waals surface area contributed by atoms with Crippen LogP contribution < -0.4 is 5.48 Å². The highest BCUT2D eigenvalue weighted by Crippen LogP contribution is 2.13. The molecule has 0 aliphatic carbocycles. The summed E-state index contributed by atoms with van der Waals surface area (Å²) >= 11 is 5.43. The van der Waals surface area contributed by atoms with Gasteiger partial charge < -0.3 is 0 Å². The normalized spacial score (nSPS) is 9.58. The summed E-state index contributed by atoms with van der Waals surface area (Å²) in [6.45, 7) is 0. The average molecular weight is 190 g/mol. The number of halogens is 2. The minimum Gasteiger partial charge on any atom is -0.288 e. The lowest BCUT2D eigenvalue weighted by Crippen LogP contribution is -2.19. The fraction of sp³-hybridized carbons (Fsp3) is 0. The maximum Gasteiger partial charge on any atom is 0.277 e. The van der Waals surface area contributed by atoms with Crippen molar-refractivity contribution in [3.8, 4) is 0 Å². The molecule has 0 radical (unpaired) electrons. The molecule has 0 bridgehead atoms. The van der Waals surface area contributed by atoms with Crippen LogP contribution in [0, 0.1) is 5.82 Å². The lowest BCUT2D eigenvalue weighted by atomic mass is 10.2. The van der Waals surface area contributed by atoms with Crippen molar-refractivity contribution in [2.75, 3.05) is 0 Å². The van der Waals surface area contributed by atoms with Crippen LogP contribution in [0.1, 0.15) is 10.4 Å². The molecule has 0 aliphatic heterocycles. The molecule has 0 aromatic heterocycles. The third-order valence-corrected chi connectivity index (χ3v) is 1.51. The smallest absolute Gasteiger partial charge is 0.277 e. The average Bonchev–Trinajstić information content (AvgIpc) is 2.03. The SMILES string of the molecule is O=C(NO)c1ccc(Cl)cc1F. The minimum absolute atomic E-state index is 0.196. The number of carbonyl (C=O) groups excluding carboxylic acids is 1. The number of nitrogens with one attached hydrogen (secondary N) is 1. The number of carbonyl (C=O) groups is 1. The Bertz CT molecular complexity index is 316. The molecule has 1 aromatic carbocycles. The largest absolute Gasteiger partial charge is 0.288 e. The van der Waals surface area contributed by atoms with Crippen LogP contribution in [0.25, 0.3) is 0 Å². The lowest BCUT2D eigenvalue weighted by molar-refractivity contribution is 0.0702. The Labute approximate surface area is 72.7 Å². The molecule has 5 heteroatoms. The van der Waals surface area contributed by atoms with E-state index in [1.54, 1.807) is 0 Å². The van der Waals surface area contributed by atoms with Crippen molar-refractivity contribution in [2.45, 2.75) is 0 Å². The van der Waals surface area contributed by atoms with Gasteiger partial charge in [0.2, 0.25) is 0 Å². The van der Waals surface area contributed by atoms with Gasteiger partial charge in [-0.3, -0.25) is 10.0 Å². The number of amides is 1. The fourth-order valence-electron chi connectivity index (χ4n) is 0.734. The van der Waals surface area contributed by atoms with Crippen LogP contribution in [0.15, 0.2) is 18.2 Å². The second-order valence-corrected chi connectivity index (χ2v) is 2.50. The van der Waals surface area contributed by atoms with Gasteiger partial charge in [-0.25, -0.2) is 9.87 Å². The molecule has 0 saturated carbocycles. The number of benzene rings is 1. The third-order valence-electron chi connectivity index (χ3n) is 1.28. The maximum absolute atomic E-state index is 12.8. The van der Waals surface area contributed by atoms with Crippen LogP contribution in [0.4, 0.5) is 4.39 Å². The topological polar surface area (TPSA) is 49.3 Å². The molecule has 0 atom stereocenters.